The maximum absolute atomic E-state index is 13.7. The van der Waals surface area contributed by atoms with Gasteiger partial charge in [-0.1, -0.05) is 55.3 Å². The van der Waals surface area contributed by atoms with Gasteiger partial charge in [0, 0.05) is 42.0 Å². The highest BCUT2D eigenvalue weighted by Gasteiger charge is 2.37. The molecule has 0 spiro atoms. The Morgan fingerprint density at radius 2 is 2.00 bits per heavy atom. The maximum Gasteiger partial charge on any atom is 0.264 e. The van der Waals surface area contributed by atoms with Crippen LogP contribution >= 0.6 is 11.6 Å². The van der Waals surface area contributed by atoms with Gasteiger partial charge in [-0.05, 0) is 117 Å². The molecule has 2 heterocycles. The molecular weight excluding hydrogens is 670 g/mol. The predicted molar refractivity (Wildman–Crippen MR) is 201 cm³/mol. The average molecular weight is 720 g/mol. The largest absolute Gasteiger partial charge is 0.487 e. The van der Waals surface area contributed by atoms with E-state index in [0.29, 0.717) is 49.0 Å². The van der Waals surface area contributed by atoms with Crippen LogP contribution in [-0.4, -0.2) is 48.9 Å². The first-order chi connectivity index (χ1) is 24.2. The summed E-state index contributed by atoms with van der Waals surface area (Å²) in [5.74, 6) is 0.343. The SMILES string of the molecule is C=CCC[C@@H](Cc1ccccn1)S(=O)(=O)NC(=O)c1ccc2c(c1)N(C[C@@H]1CC[C@H]1[C@@H](O)/C=C/CCC)CCCCc1cc(Cl)ccc1CO2. The first-order valence-corrected chi connectivity index (χ1v) is 19.8. The number of carbonyl (C=O) groups is 1. The van der Waals surface area contributed by atoms with Crippen LogP contribution in [0.4, 0.5) is 5.69 Å². The molecule has 268 valence electrons. The number of aliphatic hydroxyl groups excluding tert-OH is 1. The minimum Gasteiger partial charge on any atom is -0.487 e. The van der Waals surface area contributed by atoms with Crippen LogP contribution < -0.4 is 14.4 Å². The zero-order chi connectivity index (χ0) is 35.5. The van der Waals surface area contributed by atoms with Crippen molar-refractivity contribution in [3.05, 3.63) is 113 Å². The number of rotatable bonds is 14. The van der Waals surface area contributed by atoms with Crippen molar-refractivity contribution in [3.8, 4) is 5.75 Å². The number of carbonyl (C=O) groups excluding carboxylic acids is 1. The number of ether oxygens (including phenoxy) is 1. The Kier molecular flexibility index (Phi) is 13.5. The van der Waals surface area contributed by atoms with E-state index in [1.807, 2.05) is 30.3 Å². The zero-order valence-electron chi connectivity index (χ0n) is 29.0. The van der Waals surface area contributed by atoms with Gasteiger partial charge in [0.1, 0.15) is 12.4 Å². The van der Waals surface area contributed by atoms with Crippen LogP contribution in [0.15, 0.2) is 85.6 Å². The number of anilines is 1. The fourth-order valence-electron chi connectivity index (χ4n) is 6.87. The number of hydrogen-bond acceptors (Lipinski definition) is 7. The van der Waals surface area contributed by atoms with Gasteiger partial charge in [0.05, 0.1) is 17.0 Å². The summed E-state index contributed by atoms with van der Waals surface area (Å²) in [6.45, 7) is 7.61. The van der Waals surface area contributed by atoms with Gasteiger partial charge < -0.3 is 14.7 Å². The lowest BCUT2D eigenvalue weighted by Gasteiger charge is -2.42. The van der Waals surface area contributed by atoms with Crippen molar-refractivity contribution in [1.82, 2.24) is 9.71 Å². The van der Waals surface area contributed by atoms with Crippen molar-refractivity contribution in [2.75, 3.05) is 18.0 Å². The molecule has 5 rings (SSSR count). The van der Waals surface area contributed by atoms with Gasteiger partial charge in [-0.15, -0.1) is 6.58 Å². The molecule has 1 saturated carbocycles. The van der Waals surface area contributed by atoms with Crippen LogP contribution in [0.5, 0.6) is 5.75 Å². The lowest BCUT2D eigenvalue weighted by molar-refractivity contribution is 0.0461. The highest BCUT2D eigenvalue weighted by Crippen LogP contribution is 2.41. The Morgan fingerprint density at radius 1 is 1.14 bits per heavy atom. The third kappa shape index (κ3) is 9.98. The average Bonchev–Trinajstić information content (AvgIpc) is 3.12. The van der Waals surface area contributed by atoms with E-state index < -0.39 is 27.3 Å². The van der Waals surface area contributed by atoms with E-state index in [1.165, 1.54) is 0 Å². The summed E-state index contributed by atoms with van der Waals surface area (Å²) >= 11 is 6.35. The Balaban J connectivity index is 1.42. The summed E-state index contributed by atoms with van der Waals surface area (Å²) in [5, 5.41) is 10.8. The molecule has 0 bridgehead atoms. The van der Waals surface area contributed by atoms with E-state index in [4.69, 9.17) is 16.3 Å². The molecule has 0 radical (unpaired) electrons. The Morgan fingerprint density at radius 3 is 2.74 bits per heavy atom. The van der Waals surface area contributed by atoms with Crippen molar-refractivity contribution in [2.24, 2.45) is 11.8 Å². The lowest BCUT2D eigenvalue weighted by atomic mass is 9.70. The molecule has 1 amide bonds. The molecule has 4 atom stereocenters. The maximum atomic E-state index is 13.7. The first kappa shape index (κ1) is 37.6. The molecule has 1 fully saturated rings. The van der Waals surface area contributed by atoms with Gasteiger partial charge >= 0.3 is 0 Å². The second-order valence-corrected chi connectivity index (χ2v) is 15.9. The number of pyridine rings is 1. The van der Waals surface area contributed by atoms with Crippen LogP contribution in [-0.2, 0) is 29.5 Å². The third-order valence-corrected chi connectivity index (χ3v) is 11.9. The van der Waals surface area contributed by atoms with Gasteiger partial charge in [-0.3, -0.25) is 9.78 Å². The molecule has 50 heavy (non-hydrogen) atoms. The molecule has 3 aromatic rings. The number of allylic oxidation sites excluding steroid dienone is 2. The van der Waals surface area contributed by atoms with Gasteiger partial charge in [-0.2, -0.15) is 0 Å². The Bertz CT molecular complexity index is 1730. The molecule has 0 unspecified atom stereocenters. The standard InChI is InChI=1S/C40H50ClN3O5S/c1-3-5-7-15-38(45)36-20-17-31(36)27-44-23-11-9-12-29-24-33(41)19-16-32(29)28-49-39-21-18-30(25-37(39)44)40(46)43-50(47,48)35(14-6-4-2)26-34-13-8-10-22-42-34/h4,7-8,10,13,15-16,18-19,21-22,24-25,31,35-36,38,45H,2-3,5-6,9,11-12,14,17,20,23,26-28H2,1H3,(H,43,46)/b15-7+/t31-,35-,36+,38-/m0/s1. The molecule has 8 nitrogen and oxygen atoms in total. The third-order valence-electron chi connectivity index (χ3n) is 9.93. The van der Waals surface area contributed by atoms with Gasteiger partial charge in [0.2, 0.25) is 10.0 Å². The summed E-state index contributed by atoms with van der Waals surface area (Å²) in [6.07, 6.45) is 14.4. The van der Waals surface area contributed by atoms with Gasteiger partial charge in [0.15, 0.2) is 0 Å². The monoisotopic (exact) mass is 719 g/mol. The number of nitrogens with zero attached hydrogens (tertiary/aromatic N) is 2. The van der Waals surface area contributed by atoms with Crippen molar-refractivity contribution in [1.29, 1.82) is 0 Å². The Hall–Kier alpha value is -3.66. The fourth-order valence-corrected chi connectivity index (χ4v) is 8.45. The molecule has 1 aliphatic carbocycles. The minimum absolute atomic E-state index is 0.153. The first-order valence-electron chi connectivity index (χ1n) is 17.9. The molecular formula is C40H50ClN3O5S. The molecule has 2 aliphatic rings. The Labute approximate surface area is 302 Å². The molecule has 2 N–H and O–H groups in total. The van der Waals surface area contributed by atoms with Crippen LogP contribution in [0.2, 0.25) is 5.02 Å². The number of aliphatic hydroxyl groups is 1. The van der Waals surface area contributed by atoms with Crippen LogP contribution in [0.3, 0.4) is 0 Å². The number of halogens is 1. The van der Waals surface area contributed by atoms with Crippen LogP contribution in [0.1, 0.15) is 85.5 Å². The molecule has 2 aromatic carbocycles. The second-order valence-electron chi connectivity index (χ2n) is 13.5. The lowest BCUT2D eigenvalue weighted by Crippen LogP contribution is -2.43. The number of hydrogen-bond donors (Lipinski definition) is 2. The number of sulfonamides is 1. The quantitative estimate of drug-likeness (QED) is 0.164. The van der Waals surface area contributed by atoms with Gasteiger partial charge in [0.25, 0.3) is 5.91 Å². The highest BCUT2D eigenvalue weighted by atomic mass is 35.5. The van der Waals surface area contributed by atoms with Crippen LogP contribution in [0.25, 0.3) is 0 Å². The van der Waals surface area contributed by atoms with E-state index >= 15 is 0 Å². The van der Waals surface area contributed by atoms with E-state index in [9.17, 15) is 18.3 Å². The predicted octanol–water partition coefficient (Wildman–Crippen LogP) is 7.84. The van der Waals surface area contributed by atoms with E-state index in [2.05, 4.69) is 34.2 Å². The van der Waals surface area contributed by atoms with Crippen molar-refractivity contribution < 1.29 is 23.1 Å². The molecule has 0 saturated heterocycles. The summed E-state index contributed by atoms with van der Waals surface area (Å²) < 4.78 is 36.2. The normalized spacial score (nSPS) is 19.2. The summed E-state index contributed by atoms with van der Waals surface area (Å²) in [4.78, 5) is 20.3. The smallest absolute Gasteiger partial charge is 0.264 e. The van der Waals surface area contributed by atoms with Gasteiger partial charge in [-0.25, -0.2) is 13.1 Å². The van der Waals surface area contributed by atoms with E-state index in [-0.39, 0.29) is 23.8 Å². The number of aryl methyl sites for hydroxylation is 1. The topological polar surface area (TPSA) is 109 Å². The number of nitrogens with one attached hydrogen (secondary N) is 1. The summed E-state index contributed by atoms with van der Waals surface area (Å²) in [7, 11) is -4.06. The number of fused-ring (bicyclic) bond motifs is 2. The fraction of sp³-hybridized carbons (Fsp3) is 0.450. The van der Waals surface area contributed by atoms with E-state index in [1.54, 1.807) is 42.6 Å². The van der Waals surface area contributed by atoms with Crippen molar-refractivity contribution in [3.63, 3.8) is 0 Å². The number of aromatic nitrogens is 1. The second kappa shape index (κ2) is 18.0. The summed E-state index contributed by atoms with van der Waals surface area (Å²) in [6, 6.07) is 16.4. The van der Waals surface area contributed by atoms with E-state index in [0.717, 1.165) is 61.8 Å². The van der Waals surface area contributed by atoms with Crippen molar-refractivity contribution >= 4 is 33.2 Å². The molecule has 10 heteroatoms. The molecule has 1 aromatic heterocycles. The highest BCUT2D eigenvalue weighted by molar-refractivity contribution is 7.90. The van der Waals surface area contributed by atoms with Crippen LogP contribution in [0, 0.1) is 11.8 Å². The van der Waals surface area contributed by atoms with Crippen molar-refractivity contribution in [2.45, 2.75) is 89.1 Å². The molecule has 1 aliphatic heterocycles. The number of unbranched alkanes of at least 4 members (excludes halogenated alkanes) is 1. The number of amides is 1. The summed E-state index contributed by atoms with van der Waals surface area (Å²) in [5.41, 5.74) is 3.83. The number of benzene rings is 2. The zero-order valence-corrected chi connectivity index (χ0v) is 30.5. The minimum atomic E-state index is -4.06.